The number of aromatic nitrogens is 3. The predicted molar refractivity (Wildman–Crippen MR) is 146 cm³/mol. The SMILES string of the molecule is C=C(N)c1ccc(Cc2ccc(CC(C)(C)NCC(C)CCc3cccc4[nH]ncc34)cc2)nc1. The predicted octanol–water partition coefficient (Wildman–Crippen LogP) is 5.66. The highest BCUT2D eigenvalue weighted by Crippen LogP contribution is 2.20. The van der Waals surface area contributed by atoms with Gasteiger partial charge in [-0.15, -0.1) is 0 Å². The quantitative estimate of drug-likeness (QED) is 0.266. The van der Waals surface area contributed by atoms with Gasteiger partial charge in [0.1, 0.15) is 0 Å². The van der Waals surface area contributed by atoms with E-state index in [1.54, 1.807) is 6.20 Å². The summed E-state index contributed by atoms with van der Waals surface area (Å²) in [5.41, 5.74) is 13.3. The van der Waals surface area contributed by atoms with E-state index >= 15 is 0 Å². The third-order valence-electron chi connectivity index (χ3n) is 6.66. The molecule has 2 aromatic heterocycles. The van der Waals surface area contributed by atoms with Crippen molar-refractivity contribution < 1.29 is 0 Å². The van der Waals surface area contributed by atoms with Crippen LogP contribution in [-0.4, -0.2) is 27.3 Å². The largest absolute Gasteiger partial charge is 0.399 e. The van der Waals surface area contributed by atoms with E-state index in [1.165, 1.54) is 22.1 Å². The van der Waals surface area contributed by atoms with E-state index in [0.29, 0.717) is 11.6 Å². The van der Waals surface area contributed by atoms with Crippen LogP contribution in [0.15, 0.2) is 73.6 Å². The average Bonchev–Trinajstić information content (AvgIpc) is 3.32. The van der Waals surface area contributed by atoms with Crippen LogP contribution < -0.4 is 11.1 Å². The van der Waals surface area contributed by atoms with E-state index < -0.39 is 0 Å². The van der Waals surface area contributed by atoms with Gasteiger partial charge in [0.05, 0.1) is 11.7 Å². The molecule has 0 fully saturated rings. The average molecular weight is 468 g/mol. The maximum Gasteiger partial charge on any atom is 0.0653 e. The molecular weight excluding hydrogens is 430 g/mol. The van der Waals surface area contributed by atoms with Gasteiger partial charge >= 0.3 is 0 Å². The molecule has 182 valence electrons. The Balaban J connectivity index is 1.25. The van der Waals surface area contributed by atoms with E-state index in [-0.39, 0.29) is 5.54 Å². The fourth-order valence-corrected chi connectivity index (χ4v) is 4.48. The second-order valence-electron chi connectivity index (χ2n) is 10.4. The first-order valence-corrected chi connectivity index (χ1v) is 12.4. The Kier molecular flexibility index (Phi) is 7.67. The number of nitrogens with zero attached hydrogens (tertiary/aromatic N) is 2. The Bertz CT molecular complexity index is 1250. The van der Waals surface area contributed by atoms with E-state index in [1.807, 2.05) is 18.3 Å². The topological polar surface area (TPSA) is 79.6 Å². The van der Waals surface area contributed by atoms with Crippen molar-refractivity contribution in [1.29, 1.82) is 0 Å². The number of hydrogen-bond donors (Lipinski definition) is 3. The van der Waals surface area contributed by atoms with Crippen LogP contribution in [0.2, 0.25) is 0 Å². The monoisotopic (exact) mass is 467 g/mol. The third-order valence-corrected chi connectivity index (χ3v) is 6.66. The van der Waals surface area contributed by atoms with Crippen molar-refractivity contribution in [2.24, 2.45) is 11.7 Å². The number of fused-ring (bicyclic) bond motifs is 1. The van der Waals surface area contributed by atoms with Gasteiger partial charge in [0.25, 0.3) is 0 Å². The molecule has 35 heavy (non-hydrogen) atoms. The minimum Gasteiger partial charge on any atom is -0.399 e. The van der Waals surface area contributed by atoms with E-state index in [0.717, 1.165) is 49.0 Å². The Morgan fingerprint density at radius 1 is 1.06 bits per heavy atom. The van der Waals surface area contributed by atoms with Gasteiger partial charge in [-0.05, 0) is 80.5 Å². The van der Waals surface area contributed by atoms with Crippen LogP contribution in [-0.2, 0) is 19.3 Å². The lowest BCUT2D eigenvalue weighted by molar-refractivity contribution is 0.346. The molecule has 4 rings (SSSR count). The van der Waals surface area contributed by atoms with Crippen LogP contribution in [0.1, 0.15) is 55.1 Å². The number of hydrogen-bond acceptors (Lipinski definition) is 4. The fraction of sp³-hybridized carbons (Fsp3) is 0.333. The Morgan fingerprint density at radius 2 is 1.83 bits per heavy atom. The van der Waals surface area contributed by atoms with Gasteiger partial charge in [0.2, 0.25) is 0 Å². The van der Waals surface area contributed by atoms with Gasteiger partial charge in [-0.3, -0.25) is 10.1 Å². The Labute approximate surface area is 208 Å². The van der Waals surface area contributed by atoms with Gasteiger partial charge in [0, 0.05) is 40.5 Å². The zero-order chi connectivity index (χ0) is 24.8. The molecule has 2 heterocycles. The third kappa shape index (κ3) is 6.80. The highest BCUT2D eigenvalue weighted by Gasteiger charge is 2.19. The number of pyridine rings is 1. The molecule has 0 spiro atoms. The van der Waals surface area contributed by atoms with Crippen molar-refractivity contribution in [2.45, 2.75) is 52.0 Å². The van der Waals surface area contributed by atoms with Gasteiger partial charge in [-0.25, -0.2) is 0 Å². The van der Waals surface area contributed by atoms with E-state index in [9.17, 15) is 0 Å². The molecule has 4 N–H and O–H groups in total. The molecule has 5 heteroatoms. The number of aryl methyl sites for hydroxylation is 1. The van der Waals surface area contributed by atoms with Crippen LogP contribution in [0.4, 0.5) is 0 Å². The number of nitrogens with two attached hydrogens (primary N) is 1. The molecule has 4 aromatic rings. The van der Waals surface area contributed by atoms with Crippen LogP contribution >= 0.6 is 0 Å². The van der Waals surface area contributed by atoms with Gasteiger partial charge in [0.15, 0.2) is 0 Å². The van der Waals surface area contributed by atoms with Crippen molar-refractivity contribution in [3.63, 3.8) is 0 Å². The first-order valence-electron chi connectivity index (χ1n) is 12.4. The van der Waals surface area contributed by atoms with Crippen molar-refractivity contribution in [3.05, 3.63) is 102 Å². The summed E-state index contributed by atoms with van der Waals surface area (Å²) in [6, 6.07) is 19.3. The maximum absolute atomic E-state index is 5.73. The molecule has 0 amide bonds. The smallest absolute Gasteiger partial charge is 0.0653 e. The number of rotatable bonds is 11. The summed E-state index contributed by atoms with van der Waals surface area (Å²) in [6.45, 7) is 11.7. The second kappa shape index (κ2) is 10.9. The summed E-state index contributed by atoms with van der Waals surface area (Å²) in [4.78, 5) is 4.51. The molecule has 0 radical (unpaired) electrons. The molecule has 0 saturated heterocycles. The number of H-pyrrole nitrogens is 1. The van der Waals surface area contributed by atoms with Crippen LogP contribution in [0.25, 0.3) is 16.6 Å². The van der Waals surface area contributed by atoms with Crippen molar-refractivity contribution in [2.75, 3.05) is 6.54 Å². The minimum atomic E-state index is 0.0301. The van der Waals surface area contributed by atoms with Crippen LogP contribution in [0.5, 0.6) is 0 Å². The lowest BCUT2D eigenvalue weighted by Crippen LogP contribution is -2.43. The molecule has 0 aliphatic rings. The highest BCUT2D eigenvalue weighted by molar-refractivity contribution is 5.81. The van der Waals surface area contributed by atoms with Crippen molar-refractivity contribution >= 4 is 16.6 Å². The molecule has 0 aliphatic heterocycles. The summed E-state index contributed by atoms with van der Waals surface area (Å²) < 4.78 is 0. The number of nitrogens with one attached hydrogen (secondary N) is 2. The number of aromatic amines is 1. The Morgan fingerprint density at radius 3 is 2.54 bits per heavy atom. The molecule has 1 atom stereocenters. The molecule has 2 aromatic carbocycles. The summed E-state index contributed by atoms with van der Waals surface area (Å²) in [5, 5.41) is 12.3. The number of benzene rings is 2. The molecule has 0 bridgehead atoms. The fourth-order valence-electron chi connectivity index (χ4n) is 4.48. The first-order chi connectivity index (χ1) is 16.8. The lowest BCUT2D eigenvalue weighted by atomic mass is 9.92. The standard InChI is InChI=1S/C30H37N5/c1-21(8-13-25-6-5-7-29-28(25)20-34-35-29)18-33-30(3,4)17-24-11-9-23(10-12-24)16-27-15-14-26(19-32-27)22(2)31/h5-7,9-12,14-15,19-21,33H,2,8,13,16-18,31H2,1,3-4H3,(H,34,35). The van der Waals surface area contributed by atoms with Crippen LogP contribution in [0, 0.1) is 5.92 Å². The molecule has 1 unspecified atom stereocenters. The van der Waals surface area contributed by atoms with Crippen LogP contribution in [0.3, 0.4) is 0 Å². The maximum atomic E-state index is 5.73. The van der Waals surface area contributed by atoms with Crippen molar-refractivity contribution in [3.8, 4) is 0 Å². The second-order valence-corrected chi connectivity index (χ2v) is 10.4. The lowest BCUT2D eigenvalue weighted by Gasteiger charge is -2.28. The summed E-state index contributed by atoms with van der Waals surface area (Å²) >= 11 is 0. The highest BCUT2D eigenvalue weighted by atomic mass is 15.1. The van der Waals surface area contributed by atoms with Gasteiger partial charge in [-0.1, -0.05) is 49.9 Å². The molecular formula is C30H37N5. The molecule has 0 saturated carbocycles. The molecule has 5 nitrogen and oxygen atoms in total. The Hall–Kier alpha value is -3.44. The normalized spacial score (nSPS) is 12.7. The summed E-state index contributed by atoms with van der Waals surface area (Å²) in [6.07, 6.45) is 7.74. The zero-order valence-corrected chi connectivity index (χ0v) is 21.1. The minimum absolute atomic E-state index is 0.0301. The van der Waals surface area contributed by atoms with Gasteiger partial charge < -0.3 is 11.1 Å². The van der Waals surface area contributed by atoms with Crippen molar-refractivity contribution in [1.82, 2.24) is 20.5 Å². The van der Waals surface area contributed by atoms with E-state index in [4.69, 9.17) is 5.73 Å². The summed E-state index contributed by atoms with van der Waals surface area (Å²) in [7, 11) is 0. The van der Waals surface area contributed by atoms with E-state index in [2.05, 4.69) is 90.3 Å². The molecule has 0 aliphatic carbocycles. The first kappa shape index (κ1) is 24.7. The van der Waals surface area contributed by atoms with Gasteiger partial charge in [-0.2, -0.15) is 5.10 Å². The zero-order valence-electron chi connectivity index (χ0n) is 21.1. The summed E-state index contributed by atoms with van der Waals surface area (Å²) in [5.74, 6) is 0.592.